The summed E-state index contributed by atoms with van der Waals surface area (Å²) in [6, 6.07) is 17.6. The van der Waals surface area contributed by atoms with Gasteiger partial charge in [0.15, 0.2) is 5.78 Å². The van der Waals surface area contributed by atoms with Crippen LogP contribution < -0.4 is 0 Å². The predicted molar refractivity (Wildman–Crippen MR) is 141 cm³/mol. The van der Waals surface area contributed by atoms with Crippen molar-refractivity contribution in [2.45, 2.75) is 33.7 Å². The zero-order chi connectivity index (χ0) is 25.9. The van der Waals surface area contributed by atoms with Crippen molar-refractivity contribution >= 4 is 40.9 Å². The number of nitrogens with zero attached hydrogens (tertiary/aromatic N) is 2. The molecule has 0 saturated carbocycles. The smallest absolute Gasteiger partial charge is 0.330 e. The summed E-state index contributed by atoms with van der Waals surface area (Å²) in [5.74, 6) is -0.101. The van der Waals surface area contributed by atoms with E-state index in [9.17, 15) is 19.5 Å². The number of rotatable bonds is 11. The van der Waals surface area contributed by atoms with Crippen LogP contribution in [0.3, 0.4) is 0 Å². The number of ketones is 1. The van der Waals surface area contributed by atoms with E-state index in [-0.39, 0.29) is 17.6 Å². The van der Waals surface area contributed by atoms with Gasteiger partial charge in [-0.25, -0.2) is 0 Å². The molecule has 4 aromatic rings. The van der Waals surface area contributed by atoms with E-state index in [0.29, 0.717) is 42.7 Å². The summed E-state index contributed by atoms with van der Waals surface area (Å²) in [5, 5.41) is 12.9. The van der Waals surface area contributed by atoms with Crippen LogP contribution in [0.5, 0.6) is 0 Å². The van der Waals surface area contributed by atoms with Gasteiger partial charge in [0.05, 0.1) is 24.3 Å². The van der Waals surface area contributed by atoms with Crippen molar-refractivity contribution in [1.82, 2.24) is 4.57 Å². The van der Waals surface area contributed by atoms with Gasteiger partial charge in [-0.1, -0.05) is 24.3 Å². The number of aryl methyl sites for hydroxylation is 2. The molecule has 9 heteroatoms. The standard InChI is InChI=1S/C27H29N2O6P/c1-4-34-36(33,35-5-2)16-8-15-28-25-13-11-20(27(30)22-10-7-6-9-19(22)3)17-23(25)24-18-21(29(31)32)12-14-26(24)28/h6-7,9-14,17-18H,4-5,8,15-16H2,1-3H3. The molecule has 0 aliphatic carbocycles. The highest BCUT2D eigenvalue weighted by atomic mass is 31.2. The van der Waals surface area contributed by atoms with Crippen LogP contribution in [0, 0.1) is 17.0 Å². The van der Waals surface area contributed by atoms with E-state index in [4.69, 9.17) is 9.05 Å². The van der Waals surface area contributed by atoms with E-state index in [1.54, 1.807) is 44.2 Å². The van der Waals surface area contributed by atoms with Crippen molar-refractivity contribution in [3.63, 3.8) is 0 Å². The SMILES string of the molecule is CCOP(=O)(CCCn1c2ccc(C(=O)c3ccccc3C)cc2c2cc([N+](=O)[O-])ccc21)OCC. The number of hydrogen-bond donors (Lipinski definition) is 0. The number of nitro groups is 1. The van der Waals surface area contributed by atoms with Gasteiger partial charge in [-0.3, -0.25) is 19.5 Å². The van der Waals surface area contributed by atoms with Gasteiger partial charge < -0.3 is 13.6 Å². The third-order valence-corrected chi connectivity index (χ3v) is 8.34. The third-order valence-electron chi connectivity index (χ3n) is 6.18. The monoisotopic (exact) mass is 508 g/mol. The quantitative estimate of drug-likeness (QED) is 0.0945. The van der Waals surface area contributed by atoms with Crippen LogP contribution >= 0.6 is 7.60 Å². The fourth-order valence-corrected chi connectivity index (χ4v) is 6.20. The fraction of sp³-hybridized carbons (Fsp3) is 0.296. The average molecular weight is 509 g/mol. The first-order valence-corrected chi connectivity index (χ1v) is 13.7. The molecule has 0 bridgehead atoms. The zero-order valence-electron chi connectivity index (χ0n) is 20.6. The highest BCUT2D eigenvalue weighted by molar-refractivity contribution is 7.53. The molecule has 3 aromatic carbocycles. The maximum atomic E-state index is 13.3. The van der Waals surface area contributed by atoms with Gasteiger partial charge in [0.25, 0.3) is 5.69 Å². The molecule has 0 atom stereocenters. The second-order valence-corrected chi connectivity index (χ2v) is 10.7. The second-order valence-electron chi connectivity index (χ2n) is 8.51. The van der Waals surface area contributed by atoms with Gasteiger partial charge in [0.1, 0.15) is 0 Å². The summed E-state index contributed by atoms with van der Waals surface area (Å²) in [6.45, 7) is 6.56. The van der Waals surface area contributed by atoms with Gasteiger partial charge in [-0.15, -0.1) is 0 Å². The van der Waals surface area contributed by atoms with E-state index in [0.717, 1.165) is 22.0 Å². The Morgan fingerprint density at radius 1 is 0.972 bits per heavy atom. The van der Waals surface area contributed by atoms with Crippen LogP contribution in [0.1, 0.15) is 41.8 Å². The molecule has 0 radical (unpaired) electrons. The fourth-order valence-electron chi connectivity index (χ4n) is 4.55. The van der Waals surface area contributed by atoms with Crippen molar-refractivity contribution in [2.75, 3.05) is 19.4 Å². The summed E-state index contributed by atoms with van der Waals surface area (Å²) in [6.07, 6.45) is 0.781. The first-order chi connectivity index (χ1) is 17.3. The minimum absolute atomic E-state index is 0.0191. The number of carbonyl (C=O) groups excluding carboxylic acids is 1. The molecular weight excluding hydrogens is 479 g/mol. The molecule has 1 heterocycles. The van der Waals surface area contributed by atoms with E-state index in [1.807, 2.05) is 35.8 Å². The lowest BCUT2D eigenvalue weighted by Crippen LogP contribution is -2.05. The Hall–Kier alpha value is -3.32. The molecule has 0 fully saturated rings. The highest BCUT2D eigenvalue weighted by Crippen LogP contribution is 2.48. The Morgan fingerprint density at radius 3 is 2.25 bits per heavy atom. The lowest BCUT2D eigenvalue weighted by molar-refractivity contribution is -0.384. The first kappa shape index (κ1) is 25.8. The molecule has 0 unspecified atom stereocenters. The Morgan fingerprint density at radius 2 is 1.61 bits per heavy atom. The number of aromatic nitrogens is 1. The topological polar surface area (TPSA) is 101 Å². The second kappa shape index (κ2) is 10.7. The minimum Gasteiger partial charge on any atom is -0.340 e. The van der Waals surface area contributed by atoms with Crippen molar-refractivity contribution in [3.05, 3.63) is 87.5 Å². The molecule has 1 aromatic heterocycles. The number of benzene rings is 3. The Labute approximate surface area is 209 Å². The molecule has 0 amide bonds. The van der Waals surface area contributed by atoms with Gasteiger partial charge in [-0.05, 0) is 57.0 Å². The molecule has 0 N–H and O–H groups in total. The summed E-state index contributed by atoms with van der Waals surface area (Å²) in [5.41, 5.74) is 3.64. The first-order valence-electron chi connectivity index (χ1n) is 12.0. The van der Waals surface area contributed by atoms with Crippen LogP contribution in [0.4, 0.5) is 5.69 Å². The number of nitro benzene ring substituents is 1. The summed E-state index contributed by atoms with van der Waals surface area (Å²) in [4.78, 5) is 24.3. The van der Waals surface area contributed by atoms with Crippen molar-refractivity contribution in [2.24, 2.45) is 0 Å². The van der Waals surface area contributed by atoms with E-state index in [1.165, 1.54) is 6.07 Å². The lowest BCUT2D eigenvalue weighted by atomic mass is 9.98. The number of fused-ring (bicyclic) bond motifs is 3. The highest BCUT2D eigenvalue weighted by Gasteiger charge is 2.24. The van der Waals surface area contributed by atoms with E-state index >= 15 is 0 Å². The molecule has 0 aliphatic rings. The largest absolute Gasteiger partial charge is 0.340 e. The maximum absolute atomic E-state index is 13.3. The molecule has 0 saturated heterocycles. The molecule has 0 aliphatic heterocycles. The van der Waals surface area contributed by atoms with Crippen LogP contribution in [0.15, 0.2) is 60.7 Å². The Bertz CT molecular complexity index is 1480. The Kier molecular flexibility index (Phi) is 7.69. The summed E-state index contributed by atoms with van der Waals surface area (Å²) >= 11 is 0. The predicted octanol–water partition coefficient (Wildman–Crippen LogP) is 6.90. The van der Waals surface area contributed by atoms with Crippen molar-refractivity contribution in [1.29, 1.82) is 0 Å². The van der Waals surface area contributed by atoms with Gasteiger partial charge >= 0.3 is 7.60 Å². The molecule has 36 heavy (non-hydrogen) atoms. The minimum atomic E-state index is -3.19. The average Bonchev–Trinajstić information content (AvgIpc) is 3.16. The maximum Gasteiger partial charge on any atom is 0.330 e. The number of non-ortho nitro benzene ring substituents is 1. The van der Waals surface area contributed by atoms with Crippen LogP contribution in [-0.4, -0.2) is 34.6 Å². The normalized spacial score (nSPS) is 11.9. The van der Waals surface area contributed by atoms with E-state index < -0.39 is 12.5 Å². The van der Waals surface area contributed by atoms with Crippen LogP contribution in [0.2, 0.25) is 0 Å². The van der Waals surface area contributed by atoms with Gasteiger partial charge in [-0.2, -0.15) is 0 Å². The van der Waals surface area contributed by atoms with Crippen LogP contribution in [-0.2, 0) is 20.2 Å². The number of hydrogen-bond acceptors (Lipinski definition) is 6. The van der Waals surface area contributed by atoms with Crippen LogP contribution in [0.25, 0.3) is 21.8 Å². The van der Waals surface area contributed by atoms with Gasteiger partial charge in [0, 0.05) is 51.6 Å². The van der Waals surface area contributed by atoms with E-state index in [2.05, 4.69) is 0 Å². The third kappa shape index (κ3) is 5.12. The summed E-state index contributed by atoms with van der Waals surface area (Å²) < 4.78 is 25.8. The molecule has 0 spiro atoms. The van der Waals surface area contributed by atoms with Crippen molar-refractivity contribution < 1.29 is 23.3 Å². The number of carbonyl (C=O) groups is 1. The van der Waals surface area contributed by atoms with Gasteiger partial charge in [0.2, 0.25) is 0 Å². The van der Waals surface area contributed by atoms with Crippen molar-refractivity contribution in [3.8, 4) is 0 Å². The Balaban J connectivity index is 1.77. The zero-order valence-corrected chi connectivity index (χ0v) is 21.5. The molecule has 4 rings (SSSR count). The molecule has 188 valence electrons. The lowest BCUT2D eigenvalue weighted by Gasteiger charge is -2.17. The molecular formula is C27H29N2O6P. The summed E-state index contributed by atoms with van der Waals surface area (Å²) in [7, 11) is -3.19. The molecule has 8 nitrogen and oxygen atoms in total.